The van der Waals surface area contributed by atoms with Crippen molar-refractivity contribution in [2.24, 2.45) is 0 Å². The van der Waals surface area contributed by atoms with Crippen LogP contribution in [-0.2, 0) is 6.54 Å². The molecule has 0 atom stereocenters. The van der Waals surface area contributed by atoms with E-state index in [0.29, 0.717) is 11.6 Å². The van der Waals surface area contributed by atoms with Crippen LogP contribution >= 0.6 is 34.7 Å². The molecule has 0 aliphatic heterocycles. The Labute approximate surface area is 193 Å². The van der Waals surface area contributed by atoms with Gasteiger partial charge < -0.3 is 0 Å². The molecule has 152 valence electrons. The second-order valence-electron chi connectivity index (χ2n) is 6.81. The number of fused-ring (bicyclic) bond motifs is 1. The summed E-state index contributed by atoms with van der Waals surface area (Å²) in [7, 11) is 0. The van der Waals surface area contributed by atoms with Crippen LogP contribution in [0.15, 0.2) is 94.9 Å². The molecule has 31 heavy (non-hydrogen) atoms. The van der Waals surface area contributed by atoms with Crippen molar-refractivity contribution in [2.45, 2.75) is 16.6 Å². The highest BCUT2D eigenvalue weighted by Gasteiger charge is 2.19. The van der Waals surface area contributed by atoms with Crippen LogP contribution in [0.3, 0.4) is 0 Å². The molecule has 0 N–H and O–H groups in total. The van der Waals surface area contributed by atoms with Crippen LogP contribution in [0.2, 0.25) is 5.02 Å². The Balaban J connectivity index is 1.68. The molecule has 0 aliphatic carbocycles. The molecule has 0 fully saturated rings. The van der Waals surface area contributed by atoms with Crippen molar-refractivity contribution < 1.29 is 0 Å². The molecular formula is C24H17ClN4S2. The Hall–Kier alpha value is -2.93. The summed E-state index contributed by atoms with van der Waals surface area (Å²) in [5.41, 5.74) is 3.09. The summed E-state index contributed by atoms with van der Waals surface area (Å²) in [5, 5.41) is 13.5. The molecule has 5 aromatic rings. The largest absolute Gasteiger partial charge is 0.297 e. The fourth-order valence-corrected chi connectivity index (χ4v) is 5.35. The lowest BCUT2D eigenvalue weighted by atomic mass is 10.0. The highest BCUT2D eigenvalue weighted by molar-refractivity contribution is 7.99. The van der Waals surface area contributed by atoms with Crippen molar-refractivity contribution in [3.05, 3.63) is 89.9 Å². The molecule has 0 unspecified atom stereocenters. The zero-order valence-electron chi connectivity index (χ0n) is 16.4. The second kappa shape index (κ2) is 8.67. The van der Waals surface area contributed by atoms with E-state index < -0.39 is 0 Å². The number of aromatic nitrogens is 4. The Morgan fingerprint density at radius 3 is 2.71 bits per heavy atom. The Kier molecular flexibility index (Phi) is 5.59. The molecule has 0 saturated carbocycles. The van der Waals surface area contributed by atoms with E-state index in [1.807, 2.05) is 60.1 Å². The monoisotopic (exact) mass is 460 g/mol. The predicted molar refractivity (Wildman–Crippen MR) is 130 cm³/mol. The summed E-state index contributed by atoms with van der Waals surface area (Å²) >= 11 is 9.55. The van der Waals surface area contributed by atoms with E-state index in [2.05, 4.69) is 44.5 Å². The van der Waals surface area contributed by atoms with E-state index in [0.717, 1.165) is 42.8 Å². The average Bonchev–Trinajstić information content (AvgIpc) is 3.45. The molecule has 3 aromatic heterocycles. The number of nitrogens with zero attached hydrogens (tertiary/aromatic N) is 4. The van der Waals surface area contributed by atoms with Crippen LogP contribution in [0.25, 0.3) is 32.7 Å². The van der Waals surface area contributed by atoms with Crippen molar-refractivity contribution in [3.63, 3.8) is 0 Å². The summed E-state index contributed by atoms with van der Waals surface area (Å²) in [6, 6.07) is 20.2. The Bertz CT molecular complexity index is 1360. The number of rotatable bonds is 6. The molecule has 0 spiro atoms. The molecule has 0 amide bonds. The zero-order valence-corrected chi connectivity index (χ0v) is 18.8. The highest BCUT2D eigenvalue weighted by atomic mass is 35.5. The number of hydrogen-bond donors (Lipinski definition) is 0. The van der Waals surface area contributed by atoms with E-state index in [-0.39, 0.29) is 0 Å². The number of halogens is 1. The second-order valence-corrected chi connectivity index (χ2v) is 9.20. The lowest BCUT2D eigenvalue weighted by molar-refractivity contribution is 0.732. The van der Waals surface area contributed by atoms with Crippen LogP contribution in [0.5, 0.6) is 0 Å². The van der Waals surface area contributed by atoms with E-state index in [4.69, 9.17) is 11.6 Å². The molecule has 7 heteroatoms. The molecule has 3 heterocycles. The quantitative estimate of drug-likeness (QED) is 0.251. The third-order valence-electron chi connectivity index (χ3n) is 4.83. The molecular weight excluding hydrogens is 444 g/mol. The third-order valence-corrected chi connectivity index (χ3v) is 6.94. The van der Waals surface area contributed by atoms with Gasteiger partial charge in [-0.1, -0.05) is 54.1 Å². The maximum absolute atomic E-state index is 6.35. The van der Waals surface area contributed by atoms with E-state index in [9.17, 15) is 0 Å². The Morgan fingerprint density at radius 1 is 1.06 bits per heavy atom. The summed E-state index contributed by atoms with van der Waals surface area (Å²) in [6.07, 6.45) is 3.77. The van der Waals surface area contributed by atoms with Crippen molar-refractivity contribution in [1.29, 1.82) is 0 Å². The smallest absolute Gasteiger partial charge is 0.196 e. The lowest BCUT2D eigenvalue weighted by Gasteiger charge is -2.13. The predicted octanol–water partition coefficient (Wildman–Crippen LogP) is 7.21. The van der Waals surface area contributed by atoms with Crippen LogP contribution < -0.4 is 0 Å². The fraction of sp³-hybridized carbons (Fsp3) is 0.0417. The van der Waals surface area contributed by atoms with Gasteiger partial charge in [0.05, 0.1) is 10.4 Å². The van der Waals surface area contributed by atoms with Gasteiger partial charge in [-0.25, -0.2) is 0 Å². The van der Waals surface area contributed by atoms with Gasteiger partial charge in [-0.2, -0.15) is 0 Å². The van der Waals surface area contributed by atoms with E-state index in [1.165, 1.54) is 0 Å². The van der Waals surface area contributed by atoms with Gasteiger partial charge in [0, 0.05) is 33.6 Å². The summed E-state index contributed by atoms with van der Waals surface area (Å²) in [6.45, 7) is 4.53. The van der Waals surface area contributed by atoms with E-state index >= 15 is 0 Å². The molecule has 0 bridgehead atoms. The zero-order chi connectivity index (χ0) is 21.2. The van der Waals surface area contributed by atoms with E-state index in [1.54, 1.807) is 23.1 Å². The van der Waals surface area contributed by atoms with Crippen LogP contribution in [0.4, 0.5) is 0 Å². The van der Waals surface area contributed by atoms with Crippen molar-refractivity contribution >= 4 is 45.6 Å². The number of allylic oxidation sites excluding steroid dienone is 1. The van der Waals surface area contributed by atoms with Crippen LogP contribution in [0, 0.1) is 0 Å². The maximum Gasteiger partial charge on any atom is 0.196 e. The van der Waals surface area contributed by atoms with Gasteiger partial charge in [-0.3, -0.25) is 9.55 Å². The highest BCUT2D eigenvalue weighted by Crippen LogP contribution is 2.40. The first-order valence-electron chi connectivity index (χ1n) is 9.64. The van der Waals surface area contributed by atoms with Crippen LogP contribution in [-0.4, -0.2) is 19.7 Å². The molecule has 2 aromatic carbocycles. The number of thiophene rings is 1. The minimum atomic E-state index is 0.621. The molecule has 0 saturated heterocycles. The standard InChI is InChI=1S/C24H17ClN4S2/c1-2-12-29-23(20-9-6-13-30-20)27-28-24(29)31-21-15-26-19-11-10-17(25)14-18(19)22(21)16-7-4-3-5-8-16/h2-11,13-15H,1,12H2. The SMILES string of the molecule is C=CCn1c(Sc2cnc3ccc(Cl)cc3c2-c2ccccc2)nnc1-c1cccs1. The average molecular weight is 461 g/mol. The fourth-order valence-electron chi connectivity index (χ4n) is 3.47. The topological polar surface area (TPSA) is 43.6 Å². The maximum atomic E-state index is 6.35. The van der Waals surface area contributed by atoms with Crippen molar-refractivity contribution in [2.75, 3.05) is 0 Å². The van der Waals surface area contributed by atoms with Crippen molar-refractivity contribution in [1.82, 2.24) is 19.7 Å². The Morgan fingerprint density at radius 2 is 1.94 bits per heavy atom. The molecule has 4 nitrogen and oxygen atoms in total. The number of pyridine rings is 1. The van der Waals surface area contributed by atoms with Gasteiger partial charge in [-0.15, -0.1) is 28.1 Å². The summed E-state index contributed by atoms with van der Waals surface area (Å²) < 4.78 is 2.08. The van der Waals surface area contributed by atoms with Crippen LogP contribution in [0.1, 0.15) is 0 Å². The molecule has 5 rings (SSSR count). The van der Waals surface area contributed by atoms with Gasteiger partial charge in [0.25, 0.3) is 0 Å². The minimum Gasteiger partial charge on any atom is -0.297 e. The first-order valence-corrected chi connectivity index (χ1v) is 11.7. The summed E-state index contributed by atoms with van der Waals surface area (Å²) in [4.78, 5) is 6.76. The number of benzene rings is 2. The van der Waals surface area contributed by atoms with Gasteiger partial charge in [0.2, 0.25) is 0 Å². The van der Waals surface area contributed by atoms with Gasteiger partial charge >= 0.3 is 0 Å². The van der Waals surface area contributed by atoms with Gasteiger partial charge in [0.15, 0.2) is 11.0 Å². The molecule has 0 aliphatic rings. The lowest BCUT2D eigenvalue weighted by Crippen LogP contribution is -2.00. The number of hydrogen-bond acceptors (Lipinski definition) is 5. The summed E-state index contributed by atoms with van der Waals surface area (Å²) in [5.74, 6) is 0.843. The first-order chi connectivity index (χ1) is 15.2. The normalized spacial score (nSPS) is 11.1. The van der Waals surface area contributed by atoms with Crippen molar-refractivity contribution in [3.8, 4) is 21.8 Å². The van der Waals surface area contributed by atoms with Gasteiger partial charge in [0.1, 0.15) is 0 Å². The third kappa shape index (κ3) is 3.90. The first kappa shape index (κ1) is 20.0. The van der Waals surface area contributed by atoms with Gasteiger partial charge in [-0.05, 0) is 47.0 Å². The minimum absolute atomic E-state index is 0.621. The molecule has 0 radical (unpaired) electrons.